The quantitative estimate of drug-likeness (QED) is 0.674. The fourth-order valence-electron chi connectivity index (χ4n) is 2.68. The van der Waals surface area contributed by atoms with Crippen LogP contribution in [0.2, 0.25) is 0 Å². The van der Waals surface area contributed by atoms with Gasteiger partial charge in [0.05, 0.1) is 11.6 Å². The summed E-state index contributed by atoms with van der Waals surface area (Å²) < 4.78 is 5.71. The number of nitrogens with two attached hydrogens (primary N) is 1. The maximum Gasteiger partial charge on any atom is 0.265 e. The molecule has 0 fully saturated rings. The number of hydrogen-bond acceptors (Lipinski definition) is 4. The van der Waals surface area contributed by atoms with E-state index in [9.17, 15) is 9.59 Å². The van der Waals surface area contributed by atoms with Gasteiger partial charge in [0.25, 0.3) is 5.91 Å². The normalized spacial score (nSPS) is 11.2. The SMILES string of the molecule is CC(Oc1ccc(-c2ccc(C#N)cc2)cc1)C(=O)Nc1ccc(C(N)=O)cc1. The highest BCUT2D eigenvalue weighted by molar-refractivity contribution is 5.96. The van der Waals surface area contributed by atoms with Gasteiger partial charge in [0.2, 0.25) is 5.91 Å². The van der Waals surface area contributed by atoms with Crippen molar-refractivity contribution in [3.63, 3.8) is 0 Å². The fraction of sp³-hybridized carbons (Fsp3) is 0.0870. The van der Waals surface area contributed by atoms with Crippen LogP contribution in [0.25, 0.3) is 11.1 Å². The van der Waals surface area contributed by atoms with Gasteiger partial charge in [0, 0.05) is 11.3 Å². The molecule has 1 unspecified atom stereocenters. The Kier molecular flexibility index (Phi) is 5.91. The summed E-state index contributed by atoms with van der Waals surface area (Å²) in [6.07, 6.45) is -0.716. The zero-order chi connectivity index (χ0) is 20.8. The number of primary amides is 1. The van der Waals surface area contributed by atoms with Crippen LogP contribution in [0.1, 0.15) is 22.8 Å². The third-order valence-electron chi connectivity index (χ3n) is 4.32. The van der Waals surface area contributed by atoms with Gasteiger partial charge in [-0.3, -0.25) is 9.59 Å². The van der Waals surface area contributed by atoms with Crippen molar-refractivity contribution in [1.82, 2.24) is 0 Å². The molecule has 6 nitrogen and oxygen atoms in total. The molecule has 0 heterocycles. The summed E-state index contributed by atoms with van der Waals surface area (Å²) in [5.41, 5.74) is 8.69. The minimum atomic E-state index is -0.716. The summed E-state index contributed by atoms with van der Waals surface area (Å²) in [6, 6.07) is 23.1. The van der Waals surface area contributed by atoms with Crippen molar-refractivity contribution in [2.75, 3.05) is 5.32 Å². The number of carbonyl (C=O) groups is 2. The number of nitrogens with zero attached hydrogens (tertiary/aromatic N) is 1. The highest BCUT2D eigenvalue weighted by atomic mass is 16.5. The first-order chi connectivity index (χ1) is 14.0. The van der Waals surface area contributed by atoms with E-state index in [4.69, 9.17) is 15.7 Å². The molecule has 0 spiro atoms. The summed E-state index contributed by atoms with van der Waals surface area (Å²) in [4.78, 5) is 23.4. The Labute approximate surface area is 168 Å². The van der Waals surface area contributed by atoms with Crippen LogP contribution in [0.4, 0.5) is 5.69 Å². The molecule has 144 valence electrons. The molecule has 3 rings (SSSR count). The molecule has 0 aliphatic carbocycles. The number of carbonyl (C=O) groups excluding carboxylic acids is 2. The average molecular weight is 385 g/mol. The molecule has 3 aromatic carbocycles. The number of nitrogens with one attached hydrogen (secondary N) is 1. The largest absolute Gasteiger partial charge is 0.481 e. The first-order valence-corrected chi connectivity index (χ1v) is 8.94. The van der Waals surface area contributed by atoms with E-state index in [-0.39, 0.29) is 5.91 Å². The van der Waals surface area contributed by atoms with E-state index in [1.807, 2.05) is 24.3 Å². The second-order valence-corrected chi connectivity index (χ2v) is 6.40. The lowest BCUT2D eigenvalue weighted by Crippen LogP contribution is -2.30. The molecule has 0 bridgehead atoms. The molecular weight excluding hydrogens is 366 g/mol. The van der Waals surface area contributed by atoms with Crippen LogP contribution in [0.15, 0.2) is 72.8 Å². The molecule has 1 atom stereocenters. The minimum absolute atomic E-state index is 0.312. The number of benzene rings is 3. The lowest BCUT2D eigenvalue weighted by molar-refractivity contribution is -0.122. The van der Waals surface area contributed by atoms with Gasteiger partial charge in [-0.2, -0.15) is 5.26 Å². The number of rotatable bonds is 6. The van der Waals surface area contributed by atoms with E-state index in [1.54, 1.807) is 55.5 Å². The summed E-state index contributed by atoms with van der Waals surface area (Å²) in [5, 5.41) is 11.6. The Balaban J connectivity index is 1.60. The molecule has 0 radical (unpaired) electrons. The van der Waals surface area contributed by atoms with Crippen LogP contribution in [-0.4, -0.2) is 17.9 Å². The molecule has 0 aromatic heterocycles. The van der Waals surface area contributed by atoms with Crippen LogP contribution in [-0.2, 0) is 4.79 Å². The van der Waals surface area contributed by atoms with Crippen molar-refractivity contribution in [1.29, 1.82) is 5.26 Å². The number of amides is 2. The lowest BCUT2D eigenvalue weighted by atomic mass is 10.0. The number of nitriles is 1. The van der Waals surface area contributed by atoms with Crippen molar-refractivity contribution in [2.24, 2.45) is 5.73 Å². The van der Waals surface area contributed by atoms with Gasteiger partial charge in [-0.1, -0.05) is 24.3 Å². The van der Waals surface area contributed by atoms with Gasteiger partial charge in [-0.15, -0.1) is 0 Å². The Morgan fingerprint density at radius 3 is 2.00 bits per heavy atom. The fourth-order valence-corrected chi connectivity index (χ4v) is 2.68. The van der Waals surface area contributed by atoms with Gasteiger partial charge < -0.3 is 15.8 Å². The predicted molar refractivity (Wildman–Crippen MR) is 110 cm³/mol. The molecule has 29 heavy (non-hydrogen) atoms. The molecule has 0 aliphatic rings. The lowest BCUT2D eigenvalue weighted by Gasteiger charge is -2.15. The van der Waals surface area contributed by atoms with E-state index in [2.05, 4.69) is 11.4 Å². The van der Waals surface area contributed by atoms with Gasteiger partial charge in [0.15, 0.2) is 6.10 Å². The zero-order valence-corrected chi connectivity index (χ0v) is 15.8. The Morgan fingerprint density at radius 1 is 0.931 bits per heavy atom. The third-order valence-corrected chi connectivity index (χ3v) is 4.32. The molecule has 6 heteroatoms. The molecule has 0 saturated carbocycles. The highest BCUT2D eigenvalue weighted by Gasteiger charge is 2.15. The molecular formula is C23H19N3O3. The van der Waals surface area contributed by atoms with E-state index in [0.717, 1.165) is 11.1 Å². The van der Waals surface area contributed by atoms with E-state index in [0.29, 0.717) is 22.6 Å². The van der Waals surface area contributed by atoms with Crippen LogP contribution in [0.3, 0.4) is 0 Å². The summed E-state index contributed by atoms with van der Waals surface area (Å²) in [5.74, 6) is -0.272. The topological polar surface area (TPSA) is 105 Å². The standard InChI is InChI=1S/C23H19N3O3/c1-15(23(28)26-20-10-6-19(7-11-20)22(25)27)29-21-12-8-18(9-13-21)17-4-2-16(14-24)3-5-17/h2-13,15H,1H3,(H2,25,27)(H,26,28). The molecule has 0 aliphatic heterocycles. The number of hydrogen-bond donors (Lipinski definition) is 2. The second kappa shape index (κ2) is 8.72. The first-order valence-electron chi connectivity index (χ1n) is 8.94. The monoisotopic (exact) mass is 385 g/mol. The van der Waals surface area contributed by atoms with Gasteiger partial charge in [-0.25, -0.2) is 0 Å². The van der Waals surface area contributed by atoms with Crippen molar-refractivity contribution in [2.45, 2.75) is 13.0 Å². The van der Waals surface area contributed by atoms with E-state index >= 15 is 0 Å². The third kappa shape index (κ3) is 4.99. The number of anilines is 1. The van der Waals surface area contributed by atoms with Crippen molar-refractivity contribution < 1.29 is 14.3 Å². The van der Waals surface area contributed by atoms with Crippen LogP contribution in [0.5, 0.6) is 5.75 Å². The van der Waals surface area contributed by atoms with E-state index in [1.165, 1.54) is 0 Å². The maximum absolute atomic E-state index is 12.3. The molecule has 2 amide bonds. The number of ether oxygens (including phenoxy) is 1. The van der Waals surface area contributed by atoms with Crippen molar-refractivity contribution in [3.05, 3.63) is 83.9 Å². The zero-order valence-electron chi connectivity index (χ0n) is 15.8. The van der Waals surface area contributed by atoms with Gasteiger partial charge in [-0.05, 0) is 66.6 Å². The average Bonchev–Trinajstić information content (AvgIpc) is 2.74. The second-order valence-electron chi connectivity index (χ2n) is 6.40. The van der Waals surface area contributed by atoms with Crippen molar-refractivity contribution in [3.8, 4) is 22.9 Å². The summed E-state index contributed by atoms with van der Waals surface area (Å²) in [6.45, 7) is 1.65. The Hall–Kier alpha value is -4.11. The highest BCUT2D eigenvalue weighted by Crippen LogP contribution is 2.23. The predicted octanol–water partition coefficient (Wildman–Crippen LogP) is 3.73. The van der Waals surface area contributed by atoms with Crippen LogP contribution in [0, 0.1) is 11.3 Å². The Bertz CT molecular complexity index is 1050. The minimum Gasteiger partial charge on any atom is -0.481 e. The van der Waals surface area contributed by atoms with Gasteiger partial charge in [0.1, 0.15) is 5.75 Å². The van der Waals surface area contributed by atoms with Gasteiger partial charge >= 0.3 is 0 Å². The maximum atomic E-state index is 12.3. The smallest absolute Gasteiger partial charge is 0.265 e. The van der Waals surface area contributed by atoms with Crippen LogP contribution >= 0.6 is 0 Å². The van der Waals surface area contributed by atoms with Crippen molar-refractivity contribution >= 4 is 17.5 Å². The summed E-state index contributed by atoms with van der Waals surface area (Å²) in [7, 11) is 0. The first kappa shape index (κ1) is 19.6. The molecule has 3 N–H and O–H groups in total. The molecule has 0 saturated heterocycles. The molecule has 3 aromatic rings. The van der Waals surface area contributed by atoms with E-state index < -0.39 is 12.0 Å². The Morgan fingerprint density at radius 2 is 1.48 bits per heavy atom. The van der Waals surface area contributed by atoms with Crippen LogP contribution < -0.4 is 15.8 Å². The summed E-state index contributed by atoms with van der Waals surface area (Å²) >= 11 is 0.